The molecule has 0 spiro atoms. The molecule has 2 rings (SSSR count). The molecule has 1 aromatic carbocycles. The summed E-state index contributed by atoms with van der Waals surface area (Å²) in [6.07, 6.45) is 2.40. The van der Waals surface area contributed by atoms with Gasteiger partial charge < -0.3 is 10.2 Å². The Bertz CT molecular complexity index is 397. The second kappa shape index (κ2) is 5.70. The Morgan fingerprint density at radius 2 is 2.00 bits per heavy atom. The lowest BCUT2D eigenvalue weighted by Gasteiger charge is -2.34. The minimum Gasteiger partial charge on any atom is -0.371 e. The number of nitrogens with one attached hydrogen (secondary N) is 1. The maximum Gasteiger partial charge on any atom is 0.130 e. The first-order chi connectivity index (χ1) is 8.63. The van der Waals surface area contributed by atoms with E-state index in [4.69, 9.17) is 0 Å². The van der Waals surface area contributed by atoms with Crippen LogP contribution in [0, 0.1) is 11.7 Å². The molecule has 0 bridgehead atoms. The zero-order chi connectivity index (χ0) is 13.1. The summed E-state index contributed by atoms with van der Waals surface area (Å²) < 4.78 is 14.1. The summed E-state index contributed by atoms with van der Waals surface area (Å²) in [5.74, 6) is 0.688. The minimum absolute atomic E-state index is 0.0422. The van der Waals surface area contributed by atoms with Crippen LogP contribution < -0.4 is 10.2 Å². The van der Waals surface area contributed by atoms with Crippen molar-refractivity contribution >= 4 is 5.69 Å². The number of rotatable bonds is 3. The molecule has 1 saturated heterocycles. The van der Waals surface area contributed by atoms with Crippen molar-refractivity contribution in [1.29, 1.82) is 0 Å². The molecular weight excluding hydrogens is 227 g/mol. The molecule has 100 valence electrons. The summed E-state index contributed by atoms with van der Waals surface area (Å²) in [4.78, 5) is 2.33. The predicted molar refractivity (Wildman–Crippen MR) is 74.5 cm³/mol. The molecule has 1 aliphatic rings. The molecule has 1 atom stereocenters. The summed E-state index contributed by atoms with van der Waals surface area (Å²) in [7, 11) is 1.87. The quantitative estimate of drug-likeness (QED) is 0.885. The van der Waals surface area contributed by atoms with Crippen LogP contribution in [0.4, 0.5) is 10.1 Å². The van der Waals surface area contributed by atoms with E-state index < -0.39 is 0 Å². The molecular formula is C15H23FN2. The highest BCUT2D eigenvalue weighted by Crippen LogP contribution is 2.31. The molecule has 0 aromatic heterocycles. The number of halogens is 1. The highest BCUT2D eigenvalue weighted by molar-refractivity contribution is 5.55. The fraction of sp³-hybridized carbons (Fsp3) is 0.600. The molecule has 1 N–H and O–H groups in total. The van der Waals surface area contributed by atoms with Gasteiger partial charge in [0.15, 0.2) is 0 Å². The number of hydrogen-bond acceptors (Lipinski definition) is 2. The van der Waals surface area contributed by atoms with Gasteiger partial charge in [0.1, 0.15) is 5.82 Å². The van der Waals surface area contributed by atoms with E-state index in [1.807, 2.05) is 26.1 Å². The van der Waals surface area contributed by atoms with E-state index in [2.05, 4.69) is 17.1 Å². The summed E-state index contributed by atoms with van der Waals surface area (Å²) >= 11 is 0. The third-order valence-corrected chi connectivity index (χ3v) is 4.02. The van der Waals surface area contributed by atoms with Crippen LogP contribution in [0.5, 0.6) is 0 Å². The highest BCUT2D eigenvalue weighted by atomic mass is 19.1. The van der Waals surface area contributed by atoms with Gasteiger partial charge in [0.25, 0.3) is 0 Å². The van der Waals surface area contributed by atoms with E-state index >= 15 is 0 Å². The zero-order valence-corrected chi connectivity index (χ0v) is 11.5. The Balaban J connectivity index is 2.29. The van der Waals surface area contributed by atoms with E-state index in [1.54, 1.807) is 6.07 Å². The van der Waals surface area contributed by atoms with Crippen LogP contribution in [-0.2, 0) is 0 Å². The average molecular weight is 250 g/mol. The van der Waals surface area contributed by atoms with E-state index in [9.17, 15) is 4.39 Å². The summed E-state index contributed by atoms with van der Waals surface area (Å²) in [6, 6.07) is 5.45. The van der Waals surface area contributed by atoms with Crippen molar-refractivity contribution in [2.75, 3.05) is 25.0 Å². The molecule has 0 aliphatic carbocycles. The van der Waals surface area contributed by atoms with Gasteiger partial charge in [0, 0.05) is 30.4 Å². The second-order valence-electron chi connectivity index (χ2n) is 5.35. The standard InChI is InChI=1S/C15H23FN2/c1-11-7-9-18(10-8-11)14-6-4-5-13(16)15(14)12(2)17-3/h4-6,11-12,17H,7-10H2,1-3H3. The van der Waals surface area contributed by atoms with Crippen LogP contribution in [0.25, 0.3) is 0 Å². The van der Waals surface area contributed by atoms with E-state index in [0.717, 1.165) is 30.3 Å². The molecule has 0 saturated carbocycles. The number of hydrogen-bond donors (Lipinski definition) is 1. The van der Waals surface area contributed by atoms with Crippen molar-refractivity contribution in [3.05, 3.63) is 29.6 Å². The fourth-order valence-electron chi connectivity index (χ4n) is 2.62. The largest absolute Gasteiger partial charge is 0.371 e. The topological polar surface area (TPSA) is 15.3 Å². The van der Waals surface area contributed by atoms with Crippen molar-refractivity contribution < 1.29 is 4.39 Å². The Morgan fingerprint density at radius 3 is 2.61 bits per heavy atom. The average Bonchev–Trinajstić information content (AvgIpc) is 2.38. The zero-order valence-electron chi connectivity index (χ0n) is 11.5. The minimum atomic E-state index is -0.104. The first-order valence-electron chi connectivity index (χ1n) is 6.84. The van der Waals surface area contributed by atoms with Crippen molar-refractivity contribution in [3.8, 4) is 0 Å². The van der Waals surface area contributed by atoms with Gasteiger partial charge in [-0.15, -0.1) is 0 Å². The van der Waals surface area contributed by atoms with Gasteiger partial charge in [-0.2, -0.15) is 0 Å². The maximum atomic E-state index is 14.1. The first kappa shape index (κ1) is 13.3. The fourth-order valence-corrected chi connectivity index (χ4v) is 2.62. The Morgan fingerprint density at radius 1 is 1.33 bits per heavy atom. The van der Waals surface area contributed by atoms with E-state index in [1.165, 1.54) is 12.8 Å². The van der Waals surface area contributed by atoms with Crippen LogP contribution in [0.1, 0.15) is 38.3 Å². The third kappa shape index (κ3) is 2.66. The van der Waals surface area contributed by atoms with E-state index in [-0.39, 0.29) is 11.9 Å². The maximum absolute atomic E-state index is 14.1. The number of anilines is 1. The van der Waals surface area contributed by atoms with Crippen molar-refractivity contribution in [3.63, 3.8) is 0 Å². The van der Waals surface area contributed by atoms with Crippen LogP contribution in [0.2, 0.25) is 0 Å². The predicted octanol–water partition coefficient (Wildman–Crippen LogP) is 3.34. The molecule has 1 aromatic rings. The lowest BCUT2D eigenvalue weighted by Crippen LogP contribution is -2.34. The van der Waals surface area contributed by atoms with Gasteiger partial charge in [-0.1, -0.05) is 13.0 Å². The molecule has 1 fully saturated rings. The number of benzene rings is 1. The van der Waals surface area contributed by atoms with Crippen LogP contribution in [0.3, 0.4) is 0 Å². The molecule has 1 unspecified atom stereocenters. The SMILES string of the molecule is CNC(C)c1c(F)cccc1N1CCC(C)CC1. The molecule has 1 aliphatic heterocycles. The number of piperidine rings is 1. The van der Waals surface area contributed by atoms with Gasteiger partial charge in [-0.05, 0) is 44.9 Å². The van der Waals surface area contributed by atoms with E-state index in [0.29, 0.717) is 0 Å². The lowest BCUT2D eigenvalue weighted by molar-refractivity contribution is 0.436. The smallest absolute Gasteiger partial charge is 0.130 e. The molecule has 0 radical (unpaired) electrons. The lowest BCUT2D eigenvalue weighted by atomic mass is 9.97. The normalized spacial score (nSPS) is 19.0. The van der Waals surface area contributed by atoms with Crippen LogP contribution in [-0.4, -0.2) is 20.1 Å². The Hall–Kier alpha value is -1.09. The number of nitrogens with zero attached hydrogens (tertiary/aromatic N) is 1. The Labute approximate surface area is 109 Å². The molecule has 2 nitrogen and oxygen atoms in total. The first-order valence-corrected chi connectivity index (χ1v) is 6.84. The second-order valence-corrected chi connectivity index (χ2v) is 5.35. The molecule has 1 heterocycles. The van der Waals surface area contributed by atoms with Gasteiger partial charge in [0.2, 0.25) is 0 Å². The summed E-state index contributed by atoms with van der Waals surface area (Å²) in [5.41, 5.74) is 1.86. The van der Waals surface area contributed by atoms with Gasteiger partial charge in [-0.25, -0.2) is 4.39 Å². The van der Waals surface area contributed by atoms with Gasteiger partial charge in [0.05, 0.1) is 0 Å². The van der Waals surface area contributed by atoms with Gasteiger partial charge >= 0.3 is 0 Å². The summed E-state index contributed by atoms with van der Waals surface area (Å²) in [6.45, 7) is 6.37. The van der Waals surface area contributed by atoms with Crippen molar-refractivity contribution in [2.45, 2.75) is 32.7 Å². The van der Waals surface area contributed by atoms with Crippen molar-refractivity contribution in [2.24, 2.45) is 5.92 Å². The van der Waals surface area contributed by atoms with Crippen molar-refractivity contribution in [1.82, 2.24) is 5.32 Å². The van der Waals surface area contributed by atoms with Gasteiger partial charge in [-0.3, -0.25) is 0 Å². The summed E-state index contributed by atoms with van der Waals surface area (Å²) in [5, 5.41) is 3.14. The van der Waals surface area contributed by atoms with Crippen LogP contribution >= 0.6 is 0 Å². The molecule has 3 heteroatoms. The third-order valence-electron chi connectivity index (χ3n) is 4.02. The molecule has 18 heavy (non-hydrogen) atoms. The molecule has 0 amide bonds. The highest BCUT2D eigenvalue weighted by Gasteiger charge is 2.22. The monoisotopic (exact) mass is 250 g/mol. The van der Waals surface area contributed by atoms with Crippen LogP contribution in [0.15, 0.2) is 18.2 Å². The Kier molecular flexibility index (Phi) is 4.23.